The summed E-state index contributed by atoms with van der Waals surface area (Å²) in [6, 6.07) is 13.8. The van der Waals surface area contributed by atoms with E-state index in [1.807, 2.05) is 47.0 Å². The summed E-state index contributed by atoms with van der Waals surface area (Å²) in [5.41, 5.74) is 3.80. The first kappa shape index (κ1) is 11.4. The number of benzene rings is 2. The van der Waals surface area contributed by atoms with E-state index in [2.05, 4.69) is 20.9 Å². The molecule has 3 aromatic rings. The van der Waals surface area contributed by atoms with Gasteiger partial charge in [0, 0.05) is 10.0 Å². The quantitative estimate of drug-likeness (QED) is 0.789. The van der Waals surface area contributed by atoms with Crippen molar-refractivity contribution in [3.05, 3.63) is 58.8 Å². The van der Waals surface area contributed by atoms with Crippen LogP contribution in [0.2, 0.25) is 0 Å². The smallest absolute Gasteiger partial charge is 0.100 e. The highest BCUT2D eigenvalue weighted by Gasteiger charge is 2.08. The van der Waals surface area contributed by atoms with E-state index in [1.165, 1.54) is 0 Å². The molecular weight excluding hydrogens is 292 g/mol. The number of fused-ring (bicyclic) bond motifs is 1. The van der Waals surface area contributed by atoms with Gasteiger partial charge < -0.3 is 5.11 Å². The lowest BCUT2D eigenvalue weighted by molar-refractivity contribution is 0.281. The van der Waals surface area contributed by atoms with Gasteiger partial charge in [-0.1, -0.05) is 34.1 Å². The zero-order valence-electron chi connectivity index (χ0n) is 9.55. The minimum Gasteiger partial charge on any atom is -0.392 e. The number of imidazole rings is 1. The summed E-state index contributed by atoms with van der Waals surface area (Å²) < 4.78 is 2.97. The molecule has 3 nitrogen and oxygen atoms in total. The van der Waals surface area contributed by atoms with Crippen molar-refractivity contribution in [1.82, 2.24) is 9.55 Å². The van der Waals surface area contributed by atoms with E-state index in [4.69, 9.17) is 0 Å². The first-order valence-corrected chi connectivity index (χ1v) is 6.40. The predicted molar refractivity (Wildman–Crippen MR) is 74.7 cm³/mol. The summed E-state index contributed by atoms with van der Waals surface area (Å²) in [5, 5.41) is 9.43. The lowest BCUT2D eigenvalue weighted by atomic mass is 10.2. The summed E-state index contributed by atoms with van der Waals surface area (Å²) in [6.45, 7) is 0.00905. The van der Waals surface area contributed by atoms with Crippen LogP contribution in [0.1, 0.15) is 5.56 Å². The van der Waals surface area contributed by atoms with Crippen molar-refractivity contribution >= 4 is 27.0 Å². The first-order valence-electron chi connectivity index (χ1n) is 5.61. The van der Waals surface area contributed by atoms with Gasteiger partial charge in [0.1, 0.15) is 6.33 Å². The molecule has 18 heavy (non-hydrogen) atoms. The Morgan fingerprint density at radius 2 is 2.00 bits per heavy atom. The Hall–Kier alpha value is -1.65. The molecule has 2 aromatic carbocycles. The Balaban J connectivity index is 2.29. The maximum Gasteiger partial charge on any atom is 0.100 e. The molecule has 0 aliphatic carbocycles. The molecule has 0 radical (unpaired) electrons. The summed E-state index contributed by atoms with van der Waals surface area (Å²) in [4.78, 5) is 4.37. The molecule has 0 unspecified atom stereocenters. The van der Waals surface area contributed by atoms with Crippen LogP contribution < -0.4 is 0 Å². The fraction of sp³-hybridized carbons (Fsp3) is 0.0714. The zero-order valence-corrected chi connectivity index (χ0v) is 11.1. The number of nitrogens with zero attached hydrogens (tertiary/aromatic N) is 2. The molecule has 1 N–H and O–H groups in total. The van der Waals surface area contributed by atoms with Gasteiger partial charge in [-0.3, -0.25) is 4.57 Å². The molecule has 0 atom stereocenters. The van der Waals surface area contributed by atoms with Crippen LogP contribution in [0, 0.1) is 0 Å². The standard InChI is InChI=1S/C14H11BrN2O/c15-11-6-5-10(8-18)14(7-11)17-9-16-12-3-1-2-4-13(12)17/h1-7,9,18H,8H2. The highest BCUT2D eigenvalue weighted by Crippen LogP contribution is 2.24. The molecule has 1 heterocycles. The number of para-hydroxylation sites is 2. The fourth-order valence-corrected chi connectivity index (χ4v) is 2.40. The van der Waals surface area contributed by atoms with E-state index < -0.39 is 0 Å². The summed E-state index contributed by atoms with van der Waals surface area (Å²) >= 11 is 3.46. The molecule has 0 aliphatic rings. The van der Waals surface area contributed by atoms with E-state index in [0.29, 0.717) is 0 Å². The maximum absolute atomic E-state index is 9.43. The molecule has 0 saturated carbocycles. The molecular formula is C14H11BrN2O. The lowest BCUT2D eigenvalue weighted by Crippen LogP contribution is -1.98. The molecule has 0 fully saturated rings. The average molecular weight is 303 g/mol. The van der Waals surface area contributed by atoms with Crippen molar-refractivity contribution in [1.29, 1.82) is 0 Å². The molecule has 0 amide bonds. The zero-order chi connectivity index (χ0) is 12.5. The van der Waals surface area contributed by atoms with Crippen molar-refractivity contribution in [2.24, 2.45) is 0 Å². The second kappa shape index (κ2) is 4.55. The van der Waals surface area contributed by atoms with Crippen LogP contribution in [0.25, 0.3) is 16.7 Å². The molecule has 0 saturated heterocycles. The van der Waals surface area contributed by atoms with Crippen molar-refractivity contribution in [2.45, 2.75) is 6.61 Å². The van der Waals surface area contributed by atoms with Crippen LogP contribution in [-0.4, -0.2) is 14.7 Å². The number of aliphatic hydroxyl groups excluding tert-OH is 1. The topological polar surface area (TPSA) is 38.0 Å². The average Bonchev–Trinajstić information content (AvgIpc) is 2.82. The minimum atomic E-state index is 0.00905. The predicted octanol–water partition coefficient (Wildman–Crippen LogP) is 3.28. The van der Waals surface area contributed by atoms with Crippen LogP contribution >= 0.6 is 15.9 Å². The van der Waals surface area contributed by atoms with Gasteiger partial charge in [-0.05, 0) is 24.3 Å². The molecule has 4 heteroatoms. The second-order valence-electron chi connectivity index (χ2n) is 4.03. The number of rotatable bonds is 2. The van der Waals surface area contributed by atoms with Crippen molar-refractivity contribution in [3.8, 4) is 5.69 Å². The van der Waals surface area contributed by atoms with Gasteiger partial charge in [0.2, 0.25) is 0 Å². The maximum atomic E-state index is 9.43. The highest BCUT2D eigenvalue weighted by atomic mass is 79.9. The van der Waals surface area contributed by atoms with Crippen molar-refractivity contribution < 1.29 is 5.11 Å². The van der Waals surface area contributed by atoms with Gasteiger partial charge in [-0.25, -0.2) is 4.98 Å². The van der Waals surface area contributed by atoms with Gasteiger partial charge in [0.05, 0.1) is 23.3 Å². The summed E-state index contributed by atoms with van der Waals surface area (Å²) in [7, 11) is 0. The number of hydrogen-bond donors (Lipinski definition) is 1. The Morgan fingerprint density at radius 3 is 2.83 bits per heavy atom. The van der Waals surface area contributed by atoms with Crippen LogP contribution in [0.5, 0.6) is 0 Å². The normalized spacial score (nSPS) is 11.0. The number of aromatic nitrogens is 2. The fourth-order valence-electron chi connectivity index (χ4n) is 2.05. The van der Waals surface area contributed by atoms with Crippen molar-refractivity contribution in [3.63, 3.8) is 0 Å². The summed E-state index contributed by atoms with van der Waals surface area (Å²) in [6.07, 6.45) is 1.78. The second-order valence-corrected chi connectivity index (χ2v) is 4.95. The number of hydrogen-bond acceptors (Lipinski definition) is 2. The Kier molecular flexibility index (Phi) is 2.89. The Bertz CT molecular complexity index is 706. The highest BCUT2D eigenvalue weighted by molar-refractivity contribution is 9.10. The summed E-state index contributed by atoms with van der Waals surface area (Å²) in [5.74, 6) is 0. The molecule has 0 aliphatic heterocycles. The van der Waals surface area contributed by atoms with Crippen LogP contribution in [0.15, 0.2) is 53.3 Å². The van der Waals surface area contributed by atoms with Gasteiger partial charge in [-0.2, -0.15) is 0 Å². The van der Waals surface area contributed by atoms with E-state index in [1.54, 1.807) is 6.33 Å². The molecule has 1 aromatic heterocycles. The van der Waals surface area contributed by atoms with Gasteiger partial charge in [-0.15, -0.1) is 0 Å². The SMILES string of the molecule is OCc1ccc(Br)cc1-n1cnc2ccccc21. The van der Waals surface area contributed by atoms with E-state index >= 15 is 0 Å². The lowest BCUT2D eigenvalue weighted by Gasteiger charge is -2.10. The van der Waals surface area contributed by atoms with E-state index in [0.717, 1.165) is 26.8 Å². The molecule has 90 valence electrons. The number of halogens is 1. The Morgan fingerprint density at radius 1 is 1.17 bits per heavy atom. The van der Waals surface area contributed by atoms with Gasteiger partial charge in [0.15, 0.2) is 0 Å². The number of aliphatic hydroxyl groups is 1. The molecule has 0 spiro atoms. The van der Waals surface area contributed by atoms with Crippen LogP contribution in [0.4, 0.5) is 0 Å². The van der Waals surface area contributed by atoms with Crippen molar-refractivity contribution in [2.75, 3.05) is 0 Å². The van der Waals surface area contributed by atoms with Crippen LogP contribution in [0.3, 0.4) is 0 Å². The van der Waals surface area contributed by atoms with Gasteiger partial charge in [0.25, 0.3) is 0 Å². The third kappa shape index (κ3) is 1.83. The first-order chi connectivity index (χ1) is 8.79. The van der Waals surface area contributed by atoms with Gasteiger partial charge >= 0.3 is 0 Å². The van der Waals surface area contributed by atoms with E-state index in [9.17, 15) is 5.11 Å². The third-order valence-electron chi connectivity index (χ3n) is 2.93. The molecule has 3 rings (SSSR count). The largest absolute Gasteiger partial charge is 0.392 e. The Labute approximate surface area is 113 Å². The minimum absolute atomic E-state index is 0.00905. The van der Waals surface area contributed by atoms with Crippen LogP contribution in [-0.2, 0) is 6.61 Å². The third-order valence-corrected chi connectivity index (χ3v) is 3.42. The molecule has 0 bridgehead atoms. The van der Waals surface area contributed by atoms with E-state index in [-0.39, 0.29) is 6.61 Å². The monoisotopic (exact) mass is 302 g/mol.